The van der Waals surface area contributed by atoms with Crippen LogP contribution in [0.5, 0.6) is 5.75 Å². The minimum Gasteiger partial charge on any atom is -0.508 e. The van der Waals surface area contributed by atoms with Crippen molar-refractivity contribution in [3.63, 3.8) is 0 Å². The van der Waals surface area contributed by atoms with Crippen LogP contribution in [0.25, 0.3) is 0 Å². The molecule has 90 valence electrons. The van der Waals surface area contributed by atoms with Gasteiger partial charge in [-0.15, -0.1) is 0 Å². The highest BCUT2D eigenvalue weighted by Gasteiger charge is 2.09. The zero-order valence-corrected chi connectivity index (χ0v) is 9.98. The summed E-state index contributed by atoms with van der Waals surface area (Å²) in [6, 6.07) is 7.16. The number of phenols is 1. The van der Waals surface area contributed by atoms with E-state index in [2.05, 4.69) is 19.2 Å². The van der Waals surface area contributed by atoms with Crippen molar-refractivity contribution >= 4 is 0 Å². The summed E-state index contributed by atoms with van der Waals surface area (Å²) >= 11 is 0. The van der Waals surface area contributed by atoms with Crippen molar-refractivity contribution < 1.29 is 10.2 Å². The van der Waals surface area contributed by atoms with Gasteiger partial charge in [0.25, 0.3) is 0 Å². The number of aliphatic hydroxyl groups excluding tert-OH is 1. The van der Waals surface area contributed by atoms with Crippen molar-refractivity contribution in [1.82, 2.24) is 5.32 Å². The van der Waals surface area contributed by atoms with Crippen LogP contribution in [0.4, 0.5) is 0 Å². The second-order valence-electron chi connectivity index (χ2n) is 4.21. The fourth-order valence-corrected chi connectivity index (χ4v) is 1.70. The topological polar surface area (TPSA) is 52.5 Å². The number of aliphatic hydroxyl groups is 1. The molecule has 3 N–H and O–H groups in total. The van der Waals surface area contributed by atoms with Gasteiger partial charge >= 0.3 is 0 Å². The third-order valence-electron chi connectivity index (χ3n) is 2.64. The maximum Gasteiger partial charge on any atom is 0.115 e. The van der Waals surface area contributed by atoms with E-state index in [4.69, 9.17) is 0 Å². The van der Waals surface area contributed by atoms with Gasteiger partial charge < -0.3 is 15.5 Å². The van der Waals surface area contributed by atoms with Gasteiger partial charge in [0.15, 0.2) is 0 Å². The van der Waals surface area contributed by atoms with Gasteiger partial charge in [-0.2, -0.15) is 0 Å². The molecule has 0 unspecified atom stereocenters. The Morgan fingerprint density at radius 1 is 1.38 bits per heavy atom. The number of nitrogens with one attached hydrogen (secondary N) is 1. The highest BCUT2D eigenvalue weighted by Crippen LogP contribution is 2.17. The Kier molecular flexibility index (Phi) is 5.29. The highest BCUT2D eigenvalue weighted by molar-refractivity contribution is 5.28. The van der Waals surface area contributed by atoms with E-state index >= 15 is 0 Å². The molecule has 2 atom stereocenters. The Labute approximate surface area is 97.1 Å². The molecule has 0 fully saturated rings. The Hall–Kier alpha value is -1.06. The number of aromatic hydroxyl groups is 1. The Morgan fingerprint density at radius 3 is 2.75 bits per heavy atom. The molecule has 0 aromatic heterocycles. The van der Waals surface area contributed by atoms with E-state index in [1.54, 1.807) is 18.2 Å². The lowest BCUT2D eigenvalue weighted by molar-refractivity contribution is 0.169. The molecular formula is C13H21NO2. The third-order valence-corrected chi connectivity index (χ3v) is 2.64. The summed E-state index contributed by atoms with van der Waals surface area (Å²) in [5.41, 5.74) is 0.746. The molecule has 0 amide bonds. The molecule has 0 heterocycles. The first-order chi connectivity index (χ1) is 7.63. The molecule has 1 aromatic rings. The van der Waals surface area contributed by atoms with Gasteiger partial charge in [-0.3, -0.25) is 0 Å². The van der Waals surface area contributed by atoms with Crippen molar-refractivity contribution in [2.45, 2.75) is 38.8 Å². The SMILES string of the molecule is CCC[C@@H](C)NC[C@H](O)c1cccc(O)c1. The van der Waals surface area contributed by atoms with E-state index in [0.29, 0.717) is 12.6 Å². The number of benzene rings is 1. The summed E-state index contributed by atoms with van der Waals surface area (Å²) in [6.45, 7) is 4.77. The minimum atomic E-state index is -0.564. The van der Waals surface area contributed by atoms with Crippen LogP contribution in [-0.2, 0) is 0 Å². The van der Waals surface area contributed by atoms with Crippen LogP contribution in [0.3, 0.4) is 0 Å². The normalized spacial score (nSPS) is 14.7. The van der Waals surface area contributed by atoms with Gasteiger partial charge in [0.05, 0.1) is 6.10 Å². The lowest BCUT2D eigenvalue weighted by atomic mass is 10.1. The van der Waals surface area contributed by atoms with Crippen LogP contribution in [0.2, 0.25) is 0 Å². The van der Waals surface area contributed by atoms with E-state index in [1.807, 2.05) is 6.07 Å². The van der Waals surface area contributed by atoms with Gasteiger partial charge in [-0.05, 0) is 31.0 Å². The standard InChI is InChI=1S/C13H21NO2/c1-3-5-10(2)14-9-13(16)11-6-4-7-12(15)8-11/h4,6-8,10,13-16H,3,5,9H2,1-2H3/t10-,13+/m1/s1. The van der Waals surface area contributed by atoms with Crippen molar-refractivity contribution in [2.75, 3.05) is 6.54 Å². The van der Waals surface area contributed by atoms with Crippen molar-refractivity contribution in [3.8, 4) is 5.75 Å². The van der Waals surface area contributed by atoms with Gasteiger partial charge in [-0.1, -0.05) is 25.5 Å². The molecule has 3 nitrogen and oxygen atoms in total. The van der Waals surface area contributed by atoms with Gasteiger partial charge in [0.1, 0.15) is 5.75 Å². The van der Waals surface area contributed by atoms with E-state index in [0.717, 1.165) is 18.4 Å². The monoisotopic (exact) mass is 223 g/mol. The largest absolute Gasteiger partial charge is 0.508 e. The molecule has 0 spiro atoms. The molecule has 0 aliphatic heterocycles. The lowest BCUT2D eigenvalue weighted by Crippen LogP contribution is -2.30. The molecule has 3 heteroatoms. The third kappa shape index (κ3) is 4.21. The van der Waals surface area contributed by atoms with Crippen LogP contribution in [0, 0.1) is 0 Å². The maximum absolute atomic E-state index is 9.89. The molecule has 0 saturated heterocycles. The first kappa shape index (κ1) is 13.0. The molecular weight excluding hydrogens is 202 g/mol. The Morgan fingerprint density at radius 2 is 2.12 bits per heavy atom. The van der Waals surface area contributed by atoms with E-state index in [-0.39, 0.29) is 5.75 Å². The van der Waals surface area contributed by atoms with E-state index in [1.165, 1.54) is 0 Å². The molecule has 1 aromatic carbocycles. The summed E-state index contributed by atoms with van der Waals surface area (Å²) < 4.78 is 0. The van der Waals surface area contributed by atoms with E-state index in [9.17, 15) is 10.2 Å². The second-order valence-corrected chi connectivity index (χ2v) is 4.21. The second kappa shape index (κ2) is 6.51. The number of hydrogen-bond acceptors (Lipinski definition) is 3. The fourth-order valence-electron chi connectivity index (χ4n) is 1.70. The first-order valence-corrected chi connectivity index (χ1v) is 5.84. The van der Waals surface area contributed by atoms with Crippen LogP contribution in [0.1, 0.15) is 38.4 Å². The smallest absolute Gasteiger partial charge is 0.115 e. The van der Waals surface area contributed by atoms with Crippen molar-refractivity contribution in [1.29, 1.82) is 0 Å². The Balaban J connectivity index is 2.43. The van der Waals surface area contributed by atoms with Crippen LogP contribution < -0.4 is 5.32 Å². The van der Waals surface area contributed by atoms with Gasteiger partial charge in [-0.25, -0.2) is 0 Å². The van der Waals surface area contributed by atoms with Gasteiger partial charge in [0, 0.05) is 12.6 Å². The minimum absolute atomic E-state index is 0.193. The van der Waals surface area contributed by atoms with Crippen molar-refractivity contribution in [2.24, 2.45) is 0 Å². The van der Waals surface area contributed by atoms with Crippen LogP contribution in [0.15, 0.2) is 24.3 Å². The summed E-state index contributed by atoms with van der Waals surface area (Å²) in [7, 11) is 0. The fraction of sp³-hybridized carbons (Fsp3) is 0.538. The van der Waals surface area contributed by atoms with E-state index < -0.39 is 6.10 Å². The Bertz CT molecular complexity index is 315. The molecule has 0 aliphatic carbocycles. The molecule has 0 aliphatic rings. The summed E-state index contributed by atoms with van der Waals surface area (Å²) in [5.74, 6) is 0.193. The number of hydrogen-bond donors (Lipinski definition) is 3. The number of rotatable bonds is 6. The summed E-state index contributed by atoms with van der Waals surface area (Å²) in [5, 5.41) is 22.5. The molecule has 0 bridgehead atoms. The molecule has 16 heavy (non-hydrogen) atoms. The summed E-state index contributed by atoms with van der Waals surface area (Å²) in [4.78, 5) is 0. The maximum atomic E-state index is 9.89. The molecule has 0 radical (unpaired) electrons. The predicted octanol–water partition coefficient (Wildman–Crippen LogP) is 2.20. The number of phenolic OH excluding ortho intramolecular Hbond substituents is 1. The highest BCUT2D eigenvalue weighted by atomic mass is 16.3. The van der Waals surface area contributed by atoms with Crippen LogP contribution in [-0.4, -0.2) is 22.8 Å². The summed E-state index contributed by atoms with van der Waals surface area (Å²) in [6.07, 6.45) is 1.68. The lowest BCUT2D eigenvalue weighted by Gasteiger charge is -2.16. The van der Waals surface area contributed by atoms with Gasteiger partial charge in [0.2, 0.25) is 0 Å². The zero-order chi connectivity index (χ0) is 12.0. The van der Waals surface area contributed by atoms with Crippen molar-refractivity contribution in [3.05, 3.63) is 29.8 Å². The molecule has 1 rings (SSSR count). The zero-order valence-electron chi connectivity index (χ0n) is 9.98. The average Bonchev–Trinajstić information content (AvgIpc) is 2.26. The predicted molar refractivity (Wildman–Crippen MR) is 65.4 cm³/mol. The average molecular weight is 223 g/mol. The quantitative estimate of drug-likeness (QED) is 0.693. The molecule has 0 saturated carbocycles. The first-order valence-electron chi connectivity index (χ1n) is 5.84. The van der Waals surface area contributed by atoms with Crippen LogP contribution >= 0.6 is 0 Å².